The number of amides is 1. The molecule has 0 saturated heterocycles. The number of carbonyl (C=O) groups is 1. The topological polar surface area (TPSA) is 100 Å². The Morgan fingerprint density at radius 1 is 1.20 bits per heavy atom. The first-order valence-electron chi connectivity index (χ1n) is 12.1. The van der Waals surface area contributed by atoms with Gasteiger partial charge in [-0.2, -0.15) is 5.26 Å². The average Bonchev–Trinajstić information content (AvgIpc) is 3.25. The van der Waals surface area contributed by atoms with Gasteiger partial charge in [0.05, 0.1) is 23.7 Å². The summed E-state index contributed by atoms with van der Waals surface area (Å²) < 4.78 is 11.2. The Balaban J connectivity index is 1.48. The number of allylic oxidation sites excluding steroid dienone is 1. The number of rotatable bonds is 7. The van der Waals surface area contributed by atoms with Gasteiger partial charge in [0.15, 0.2) is 18.1 Å². The third-order valence-electron chi connectivity index (χ3n) is 6.79. The van der Waals surface area contributed by atoms with Gasteiger partial charge in [0.25, 0.3) is 5.91 Å². The van der Waals surface area contributed by atoms with Crippen molar-refractivity contribution >= 4 is 28.6 Å². The molecule has 2 N–H and O–H groups in total. The van der Waals surface area contributed by atoms with E-state index in [1.807, 2.05) is 32.0 Å². The Hall–Kier alpha value is -3.79. The van der Waals surface area contributed by atoms with Crippen LogP contribution in [0.3, 0.4) is 0 Å². The number of carbonyl (C=O) groups excluding carboxylic acids is 1. The fourth-order valence-electron chi connectivity index (χ4n) is 4.53. The number of nitrogens with zero attached hydrogens (tertiary/aromatic N) is 2. The number of ether oxygens (including phenoxy) is 2. The van der Waals surface area contributed by atoms with Crippen LogP contribution in [0.4, 0.5) is 0 Å². The number of fused-ring (bicyclic) bond motifs is 1. The number of hydrogen-bond acceptors (Lipinski definition) is 5. The zero-order chi connectivity index (χ0) is 24.9. The Morgan fingerprint density at radius 2 is 1.97 bits per heavy atom. The third kappa shape index (κ3) is 5.65. The van der Waals surface area contributed by atoms with E-state index in [4.69, 9.17) is 9.47 Å². The van der Waals surface area contributed by atoms with E-state index in [0.717, 1.165) is 47.0 Å². The van der Waals surface area contributed by atoms with Crippen LogP contribution in [-0.4, -0.2) is 35.6 Å². The first-order chi connectivity index (χ1) is 16.9. The van der Waals surface area contributed by atoms with E-state index >= 15 is 0 Å². The summed E-state index contributed by atoms with van der Waals surface area (Å²) in [6, 6.07) is 11.9. The molecule has 1 fully saturated rings. The SMILES string of the molecule is COc1cc(/C=C(\C#N)c2nc3cc(C)c(C)cc3[nH]2)ccc1OCC(=O)N[C@H]1CCCC[C@H]1C. The molecule has 1 heterocycles. The second-order valence-electron chi connectivity index (χ2n) is 9.34. The predicted molar refractivity (Wildman–Crippen MR) is 137 cm³/mol. The van der Waals surface area contributed by atoms with E-state index in [1.54, 1.807) is 25.3 Å². The van der Waals surface area contributed by atoms with Crippen molar-refractivity contribution in [3.63, 3.8) is 0 Å². The minimum absolute atomic E-state index is 0.0734. The molecule has 1 aliphatic rings. The summed E-state index contributed by atoms with van der Waals surface area (Å²) >= 11 is 0. The van der Waals surface area contributed by atoms with Gasteiger partial charge < -0.3 is 19.8 Å². The summed E-state index contributed by atoms with van der Waals surface area (Å²) in [4.78, 5) is 20.3. The smallest absolute Gasteiger partial charge is 0.258 e. The van der Waals surface area contributed by atoms with Crippen molar-refractivity contribution in [1.29, 1.82) is 5.26 Å². The molecule has 35 heavy (non-hydrogen) atoms. The van der Waals surface area contributed by atoms with Crippen LogP contribution in [0.5, 0.6) is 11.5 Å². The second kappa shape index (κ2) is 10.6. The maximum atomic E-state index is 12.4. The molecule has 0 radical (unpaired) electrons. The number of benzene rings is 2. The van der Waals surface area contributed by atoms with Gasteiger partial charge in [0.1, 0.15) is 11.9 Å². The molecule has 1 saturated carbocycles. The van der Waals surface area contributed by atoms with Gasteiger partial charge in [0, 0.05) is 6.04 Å². The highest BCUT2D eigenvalue weighted by atomic mass is 16.5. The van der Waals surface area contributed by atoms with E-state index < -0.39 is 0 Å². The number of nitrogens with one attached hydrogen (secondary N) is 2. The molecule has 1 aliphatic carbocycles. The van der Waals surface area contributed by atoms with Crippen LogP contribution in [0, 0.1) is 31.1 Å². The molecular formula is C28H32N4O3. The fraction of sp³-hybridized carbons (Fsp3) is 0.393. The molecule has 7 nitrogen and oxygen atoms in total. The highest BCUT2D eigenvalue weighted by Crippen LogP contribution is 2.30. The fourth-order valence-corrected chi connectivity index (χ4v) is 4.53. The molecule has 0 spiro atoms. The van der Waals surface area contributed by atoms with Gasteiger partial charge in [-0.1, -0.05) is 25.8 Å². The van der Waals surface area contributed by atoms with Gasteiger partial charge in [-0.25, -0.2) is 4.98 Å². The first kappa shape index (κ1) is 24.3. The largest absolute Gasteiger partial charge is 0.493 e. The van der Waals surface area contributed by atoms with E-state index in [1.165, 1.54) is 6.42 Å². The summed E-state index contributed by atoms with van der Waals surface area (Å²) in [5.74, 6) is 1.84. The summed E-state index contributed by atoms with van der Waals surface area (Å²) in [6.45, 7) is 6.20. The number of imidazole rings is 1. The van der Waals surface area contributed by atoms with Crippen molar-refractivity contribution in [2.75, 3.05) is 13.7 Å². The van der Waals surface area contributed by atoms with Gasteiger partial charge in [-0.3, -0.25) is 4.79 Å². The number of hydrogen-bond donors (Lipinski definition) is 2. The zero-order valence-electron chi connectivity index (χ0n) is 20.8. The van der Waals surface area contributed by atoms with Crippen LogP contribution in [0.25, 0.3) is 22.7 Å². The van der Waals surface area contributed by atoms with Gasteiger partial charge >= 0.3 is 0 Å². The molecule has 0 aliphatic heterocycles. The maximum Gasteiger partial charge on any atom is 0.258 e. The van der Waals surface area contributed by atoms with Crippen LogP contribution in [0.1, 0.15) is 55.1 Å². The second-order valence-corrected chi connectivity index (χ2v) is 9.34. The van der Waals surface area contributed by atoms with Crippen molar-refractivity contribution in [1.82, 2.24) is 15.3 Å². The van der Waals surface area contributed by atoms with Crippen LogP contribution < -0.4 is 14.8 Å². The normalized spacial score (nSPS) is 18.2. The van der Waals surface area contributed by atoms with E-state index in [0.29, 0.717) is 28.8 Å². The number of H-pyrrole nitrogens is 1. The summed E-state index contributed by atoms with van der Waals surface area (Å²) in [7, 11) is 1.55. The molecule has 1 amide bonds. The molecule has 4 rings (SSSR count). The lowest BCUT2D eigenvalue weighted by atomic mass is 9.86. The molecular weight excluding hydrogens is 440 g/mol. The molecule has 1 aromatic heterocycles. The Morgan fingerprint density at radius 3 is 2.71 bits per heavy atom. The van der Waals surface area contributed by atoms with Gasteiger partial charge in [0.2, 0.25) is 0 Å². The van der Waals surface area contributed by atoms with Crippen LogP contribution in [-0.2, 0) is 4.79 Å². The average molecular weight is 473 g/mol. The zero-order valence-corrected chi connectivity index (χ0v) is 20.8. The summed E-state index contributed by atoms with van der Waals surface area (Å²) in [5.41, 5.74) is 5.21. The number of methoxy groups -OCH3 is 1. The van der Waals surface area contributed by atoms with Crippen LogP contribution in [0.15, 0.2) is 30.3 Å². The first-order valence-corrected chi connectivity index (χ1v) is 12.1. The van der Waals surface area contributed by atoms with E-state index in [9.17, 15) is 10.1 Å². The maximum absolute atomic E-state index is 12.4. The quantitative estimate of drug-likeness (QED) is 0.453. The van der Waals surface area contributed by atoms with Crippen molar-refractivity contribution in [3.8, 4) is 17.6 Å². The lowest BCUT2D eigenvalue weighted by Gasteiger charge is -2.29. The Labute approximate surface area is 206 Å². The van der Waals surface area contributed by atoms with Gasteiger partial charge in [-0.05, 0) is 79.6 Å². The van der Waals surface area contributed by atoms with Crippen molar-refractivity contribution in [3.05, 3.63) is 52.8 Å². The minimum atomic E-state index is -0.128. The highest BCUT2D eigenvalue weighted by Gasteiger charge is 2.23. The van der Waals surface area contributed by atoms with Crippen molar-refractivity contribution in [2.45, 2.75) is 52.5 Å². The van der Waals surface area contributed by atoms with Crippen molar-refractivity contribution in [2.24, 2.45) is 5.92 Å². The molecule has 0 bridgehead atoms. The highest BCUT2D eigenvalue weighted by molar-refractivity contribution is 5.90. The van der Waals surface area contributed by atoms with E-state index in [-0.39, 0.29) is 18.6 Å². The molecule has 182 valence electrons. The van der Waals surface area contributed by atoms with E-state index in [2.05, 4.69) is 28.3 Å². The lowest BCUT2D eigenvalue weighted by Crippen LogP contribution is -2.43. The summed E-state index contributed by atoms with van der Waals surface area (Å²) in [5, 5.41) is 12.9. The monoisotopic (exact) mass is 472 g/mol. The summed E-state index contributed by atoms with van der Waals surface area (Å²) in [6.07, 6.45) is 6.29. The molecule has 2 atom stereocenters. The lowest BCUT2D eigenvalue weighted by molar-refractivity contribution is -0.124. The Kier molecular flexibility index (Phi) is 7.40. The molecule has 3 aromatic rings. The minimum Gasteiger partial charge on any atom is -0.493 e. The van der Waals surface area contributed by atoms with Gasteiger partial charge in [-0.15, -0.1) is 0 Å². The Bertz CT molecular complexity index is 1260. The number of aromatic amines is 1. The molecule has 0 unspecified atom stereocenters. The number of aromatic nitrogens is 2. The molecule has 2 aromatic carbocycles. The number of aryl methyl sites for hydroxylation is 2. The predicted octanol–water partition coefficient (Wildman–Crippen LogP) is 5.33. The van der Waals surface area contributed by atoms with Crippen molar-refractivity contribution < 1.29 is 14.3 Å². The third-order valence-corrected chi connectivity index (χ3v) is 6.79. The van der Waals surface area contributed by atoms with Crippen LogP contribution >= 0.6 is 0 Å². The number of nitriles is 1. The standard InChI is InChI=1S/C28H32N4O3/c1-17-7-5-6-8-22(17)30-27(33)16-35-25-10-9-20(14-26(25)34-4)13-21(15-29)28-31-23-11-18(2)19(3)12-24(23)32-28/h9-14,17,22H,5-8,16H2,1-4H3,(H,30,33)(H,31,32)/b21-13+/t17-,22+/m1/s1. The van der Waals surface area contributed by atoms with Crippen LogP contribution in [0.2, 0.25) is 0 Å². The molecule has 7 heteroatoms.